The number of pyridine rings is 1. The number of hydrogen-bond acceptors (Lipinski definition) is 4. The molecule has 2 aromatic rings. The number of piperidine rings is 1. The van der Waals surface area contributed by atoms with Crippen LogP contribution in [0.1, 0.15) is 29.5 Å². The topological polar surface area (TPSA) is 39.6 Å². The summed E-state index contributed by atoms with van der Waals surface area (Å²) >= 11 is 0. The van der Waals surface area contributed by atoms with Crippen LogP contribution in [0.15, 0.2) is 42.7 Å². The third-order valence-electron chi connectivity index (χ3n) is 6.38. The Balaban J connectivity index is 1.46. The first kappa shape index (κ1) is 18.5. The largest absolute Gasteiger partial charge is 0.395 e. The Morgan fingerprint density at radius 2 is 1.89 bits per heavy atom. The van der Waals surface area contributed by atoms with Gasteiger partial charge in [-0.1, -0.05) is 24.3 Å². The summed E-state index contributed by atoms with van der Waals surface area (Å²) in [6.45, 7) is 4.83. The fourth-order valence-corrected chi connectivity index (χ4v) is 4.90. The van der Waals surface area contributed by atoms with Crippen LogP contribution in [0.25, 0.3) is 0 Å². The van der Waals surface area contributed by atoms with Gasteiger partial charge in [0, 0.05) is 44.5 Å². The number of rotatable bonds is 5. The standard InChI is InChI=1S/C22H28FN3O/c23-21-17-24-10-5-19(21)6-11-25-13-8-22(9-14-25)20-4-2-1-3-18(20)7-12-26(22)15-16-27/h1-5,10,17,27H,6-9,11-16H2. The molecule has 27 heavy (non-hydrogen) atoms. The van der Waals surface area contributed by atoms with E-state index in [9.17, 15) is 9.50 Å². The molecule has 0 bridgehead atoms. The maximum atomic E-state index is 13.8. The van der Waals surface area contributed by atoms with Crippen molar-refractivity contribution >= 4 is 0 Å². The lowest BCUT2D eigenvalue weighted by Gasteiger charge is -2.52. The molecule has 2 aliphatic rings. The van der Waals surface area contributed by atoms with Crippen LogP contribution in [-0.4, -0.2) is 59.2 Å². The minimum atomic E-state index is -0.207. The van der Waals surface area contributed by atoms with Crippen molar-refractivity contribution in [3.8, 4) is 0 Å². The molecule has 0 amide bonds. The van der Waals surface area contributed by atoms with E-state index in [0.29, 0.717) is 0 Å². The average molecular weight is 369 g/mol. The molecule has 1 aromatic carbocycles. The molecule has 1 N–H and O–H groups in total. The second kappa shape index (κ2) is 8.05. The van der Waals surface area contributed by atoms with Crippen LogP contribution in [-0.2, 0) is 18.4 Å². The van der Waals surface area contributed by atoms with Crippen molar-refractivity contribution in [3.05, 3.63) is 65.2 Å². The lowest BCUT2D eigenvalue weighted by Crippen LogP contribution is -2.57. The zero-order valence-electron chi connectivity index (χ0n) is 15.8. The van der Waals surface area contributed by atoms with Crippen LogP contribution < -0.4 is 0 Å². The molecule has 0 aliphatic carbocycles. The third kappa shape index (κ3) is 3.64. The summed E-state index contributed by atoms with van der Waals surface area (Å²) in [5, 5.41) is 9.58. The molecule has 0 atom stereocenters. The summed E-state index contributed by atoms with van der Waals surface area (Å²) in [4.78, 5) is 8.77. The predicted octanol–water partition coefficient (Wildman–Crippen LogP) is 2.60. The fraction of sp³-hybridized carbons (Fsp3) is 0.500. The molecular weight excluding hydrogens is 341 g/mol. The number of fused-ring (bicyclic) bond motifs is 2. The zero-order chi connectivity index (χ0) is 18.7. The third-order valence-corrected chi connectivity index (χ3v) is 6.38. The SMILES string of the molecule is OCCN1CCc2ccccc2C12CCN(CCc1ccncc1F)CC2. The second-order valence-electron chi connectivity index (χ2n) is 7.71. The number of halogens is 1. The van der Waals surface area contributed by atoms with E-state index in [-0.39, 0.29) is 18.0 Å². The fourth-order valence-electron chi connectivity index (χ4n) is 4.90. The zero-order valence-corrected chi connectivity index (χ0v) is 15.8. The highest BCUT2D eigenvalue weighted by Gasteiger charge is 2.44. The summed E-state index contributed by atoms with van der Waals surface area (Å²) in [6, 6.07) is 10.6. The monoisotopic (exact) mass is 369 g/mol. The molecule has 0 saturated carbocycles. The summed E-state index contributed by atoms with van der Waals surface area (Å²) in [5.41, 5.74) is 3.69. The van der Waals surface area contributed by atoms with Gasteiger partial charge in [0.2, 0.25) is 0 Å². The van der Waals surface area contributed by atoms with E-state index in [0.717, 1.165) is 64.0 Å². The highest BCUT2D eigenvalue weighted by Crippen LogP contribution is 2.43. The number of β-amino-alcohol motifs (C(OH)–C–C–N with tert-alkyl or cyclic N) is 1. The highest BCUT2D eigenvalue weighted by atomic mass is 19.1. The first-order chi connectivity index (χ1) is 13.2. The van der Waals surface area contributed by atoms with Crippen molar-refractivity contribution in [2.45, 2.75) is 31.2 Å². The Hall–Kier alpha value is -1.82. The Morgan fingerprint density at radius 1 is 1.07 bits per heavy atom. The molecule has 1 aromatic heterocycles. The Morgan fingerprint density at radius 3 is 2.67 bits per heavy atom. The summed E-state index contributed by atoms with van der Waals surface area (Å²) in [5.74, 6) is -0.207. The number of aliphatic hydroxyl groups is 1. The van der Waals surface area contributed by atoms with E-state index >= 15 is 0 Å². The van der Waals surface area contributed by atoms with Crippen molar-refractivity contribution in [1.29, 1.82) is 0 Å². The quantitative estimate of drug-likeness (QED) is 0.880. The maximum absolute atomic E-state index is 13.8. The molecule has 0 unspecified atom stereocenters. The molecule has 2 aliphatic heterocycles. The van der Waals surface area contributed by atoms with Crippen LogP contribution in [0.5, 0.6) is 0 Å². The number of aliphatic hydroxyl groups excluding tert-OH is 1. The minimum Gasteiger partial charge on any atom is -0.395 e. The van der Waals surface area contributed by atoms with E-state index in [2.05, 4.69) is 39.0 Å². The average Bonchev–Trinajstić information content (AvgIpc) is 2.71. The highest BCUT2D eigenvalue weighted by molar-refractivity contribution is 5.37. The number of benzene rings is 1. The molecule has 5 heteroatoms. The summed E-state index contributed by atoms with van der Waals surface area (Å²) in [7, 11) is 0. The van der Waals surface area contributed by atoms with Crippen LogP contribution >= 0.6 is 0 Å². The van der Waals surface area contributed by atoms with Crippen LogP contribution in [0, 0.1) is 5.82 Å². The van der Waals surface area contributed by atoms with Gasteiger partial charge in [-0.05, 0) is 48.4 Å². The van der Waals surface area contributed by atoms with E-state index in [1.807, 2.05) is 0 Å². The second-order valence-corrected chi connectivity index (χ2v) is 7.71. The van der Waals surface area contributed by atoms with Crippen LogP contribution in [0.4, 0.5) is 4.39 Å². The van der Waals surface area contributed by atoms with Gasteiger partial charge in [-0.3, -0.25) is 9.88 Å². The van der Waals surface area contributed by atoms with E-state index < -0.39 is 0 Å². The molecular formula is C22H28FN3O. The molecule has 1 spiro atoms. The maximum Gasteiger partial charge on any atom is 0.144 e. The van der Waals surface area contributed by atoms with Gasteiger partial charge in [-0.2, -0.15) is 0 Å². The smallest absolute Gasteiger partial charge is 0.144 e. The van der Waals surface area contributed by atoms with Gasteiger partial charge in [-0.25, -0.2) is 4.39 Å². The van der Waals surface area contributed by atoms with Gasteiger partial charge in [0.25, 0.3) is 0 Å². The van der Waals surface area contributed by atoms with Gasteiger partial charge in [0.05, 0.1) is 12.8 Å². The number of likely N-dealkylation sites (tertiary alicyclic amines) is 1. The lowest BCUT2D eigenvalue weighted by molar-refractivity contribution is -0.000428. The van der Waals surface area contributed by atoms with Crippen LogP contribution in [0.2, 0.25) is 0 Å². The van der Waals surface area contributed by atoms with Gasteiger partial charge in [-0.15, -0.1) is 0 Å². The van der Waals surface area contributed by atoms with Crippen molar-refractivity contribution in [3.63, 3.8) is 0 Å². The van der Waals surface area contributed by atoms with Crippen molar-refractivity contribution in [2.75, 3.05) is 39.3 Å². The molecule has 4 rings (SSSR count). The Labute approximate surface area is 160 Å². The molecule has 3 heterocycles. The molecule has 1 fully saturated rings. The number of aromatic nitrogens is 1. The molecule has 1 saturated heterocycles. The lowest BCUT2D eigenvalue weighted by atomic mass is 9.74. The van der Waals surface area contributed by atoms with Crippen molar-refractivity contribution < 1.29 is 9.50 Å². The summed E-state index contributed by atoms with van der Waals surface area (Å²) in [6.07, 6.45) is 6.86. The van der Waals surface area contributed by atoms with Gasteiger partial charge in [0.1, 0.15) is 5.82 Å². The van der Waals surface area contributed by atoms with Gasteiger partial charge in [0.15, 0.2) is 0 Å². The number of nitrogens with zero attached hydrogens (tertiary/aromatic N) is 3. The molecule has 144 valence electrons. The Bertz CT molecular complexity index is 774. The Kier molecular flexibility index (Phi) is 5.53. The number of hydrogen-bond donors (Lipinski definition) is 1. The predicted molar refractivity (Wildman–Crippen MR) is 104 cm³/mol. The van der Waals surface area contributed by atoms with E-state index in [4.69, 9.17) is 0 Å². The molecule has 4 nitrogen and oxygen atoms in total. The minimum absolute atomic E-state index is 0.0377. The summed E-state index contributed by atoms with van der Waals surface area (Å²) < 4.78 is 13.8. The van der Waals surface area contributed by atoms with Gasteiger partial charge >= 0.3 is 0 Å². The van der Waals surface area contributed by atoms with Gasteiger partial charge < -0.3 is 10.0 Å². The molecule has 0 radical (unpaired) electrons. The normalized spacial score (nSPS) is 19.9. The first-order valence-corrected chi connectivity index (χ1v) is 9.98. The first-order valence-electron chi connectivity index (χ1n) is 9.98. The van der Waals surface area contributed by atoms with E-state index in [1.165, 1.54) is 17.3 Å². The van der Waals surface area contributed by atoms with Crippen LogP contribution in [0.3, 0.4) is 0 Å². The van der Waals surface area contributed by atoms with E-state index in [1.54, 1.807) is 12.3 Å². The van der Waals surface area contributed by atoms with Crippen molar-refractivity contribution in [2.24, 2.45) is 0 Å². The van der Waals surface area contributed by atoms with Crippen molar-refractivity contribution in [1.82, 2.24) is 14.8 Å².